The minimum atomic E-state index is -2.83. The van der Waals surface area contributed by atoms with E-state index in [0.29, 0.717) is 5.75 Å². The van der Waals surface area contributed by atoms with Gasteiger partial charge in [0.15, 0.2) is 9.84 Å². The van der Waals surface area contributed by atoms with E-state index in [1.54, 1.807) is 6.92 Å². The molecule has 0 atom stereocenters. The van der Waals surface area contributed by atoms with Gasteiger partial charge >= 0.3 is 0 Å². The molecule has 5 heteroatoms. The smallest absolute Gasteiger partial charge is 0.151 e. The first-order valence-electron chi connectivity index (χ1n) is 6.74. The van der Waals surface area contributed by atoms with Crippen LogP contribution in [0.15, 0.2) is 0 Å². The van der Waals surface area contributed by atoms with Gasteiger partial charge in [0, 0.05) is 37.5 Å². The van der Waals surface area contributed by atoms with Crippen LogP contribution in [0.4, 0.5) is 0 Å². The highest BCUT2D eigenvalue weighted by atomic mass is 32.2. The summed E-state index contributed by atoms with van der Waals surface area (Å²) in [5, 5.41) is 3.47. The Morgan fingerprint density at radius 1 is 1.29 bits per heavy atom. The molecule has 0 aromatic carbocycles. The number of hydrogen-bond donors (Lipinski definition) is 1. The van der Waals surface area contributed by atoms with Gasteiger partial charge in [0.1, 0.15) is 0 Å². The van der Waals surface area contributed by atoms with Crippen LogP contribution < -0.4 is 5.32 Å². The molecule has 1 spiro atoms. The molecule has 0 amide bonds. The van der Waals surface area contributed by atoms with Crippen molar-refractivity contribution in [1.82, 2.24) is 10.2 Å². The number of hydrogen-bond acceptors (Lipinski definition) is 4. The van der Waals surface area contributed by atoms with E-state index in [9.17, 15) is 8.42 Å². The summed E-state index contributed by atoms with van der Waals surface area (Å²) in [6.07, 6.45) is 5.04. The summed E-state index contributed by atoms with van der Waals surface area (Å²) < 4.78 is 23.2. The number of nitrogens with zero attached hydrogens (tertiary/aromatic N) is 1. The lowest BCUT2D eigenvalue weighted by Crippen LogP contribution is -2.60. The van der Waals surface area contributed by atoms with Crippen molar-refractivity contribution in [3.8, 4) is 0 Å². The van der Waals surface area contributed by atoms with E-state index < -0.39 is 9.84 Å². The topological polar surface area (TPSA) is 49.4 Å². The maximum atomic E-state index is 11.6. The van der Waals surface area contributed by atoms with Gasteiger partial charge in [0.25, 0.3) is 0 Å². The molecule has 0 bridgehead atoms. The van der Waals surface area contributed by atoms with Crippen LogP contribution in [-0.2, 0) is 9.84 Å². The lowest BCUT2D eigenvalue weighted by molar-refractivity contribution is 0.0715. The van der Waals surface area contributed by atoms with Crippen LogP contribution in [0.5, 0.6) is 0 Å². The Bertz CT molecular complexity index is 348. The van der Waals surface area contributed by atoms with Crippen LogP contribution in [0.1, 0.15) is 32.6 Å². The van der Waals surface area contributed by atoms with E-state index in [-0.39, 0.29) is 11.3 Å². The van der Waals surface area contributed by atoms with E-state index >= 15 is 0 Å². The molecule has 0 unspecified atom stereocenters. The summed E-state index contributed by atoms with van der Waals surface area (Å²) in [7, 11) is -2.83. The van der Waals surface area contributed by atoms with Crippen molar-refractivity contribution in [3.05, 3.63) is 0 Å². The molecule has 2 rings (SSSR count). The molecule has 1 aliphatic carbocycles. The standard InChI is InChI=1S/C12H24N2O2S/c1-2-17(15,16)10-9-14-8-7-13-11-12(14)5-3-4-6-12/h13H,2-11H2,1H3. The maximum absolute atomic E-state index is 11.6. The van der Waals surface area contributed by atoms with Crippen molar-refractivity contribution in [3.63, 3.8) is 0 Å². The van der Waals surface area contributed by atoms with Gasteiger partial charge in [0.05, 0.1) is 5.75 Å². The Hall–Kier alpha value is -0.130. The molecule has 0 aromatic heterocycles. The molecule has 4 nitrogen and oxygen atoms in total. The number of sulfone groups is 1. The van der Waals surface area contributed by atoms with Crippen LogP contribution >= 0.6 is 0 Å². The second kappa shape index (κ2) is 5.24. The highest BCUT2D eigenvalue weighted by Gasteiger charge is 2.40. The van der Waals surface area contributed by atoms with Crippen molar-refractivity contribution in [2.24, 2.45) is 0 Å². The lowest BCUT2D eigenvalue weighted by atomic mass is 9.93. The Morgan fingerprint density at radius 3 is 2.65 bits per heavy atom. The molecule has 100 valence electrons. The highest BCUT2D eigenvalue weighted by Crippen LogP contribution is 2.35. The van der Waals surface area contributed by atoms with Gasteiger partial charge in [-0.2, -0.15) is 0 Å². The SMILES string of the molecule is CCS(=O)(=O)CCN1CCNCC12CCCC2. The van der Waals surface area contributed by atoms with Crippen LogP contribution in [0.25, 0.3) is 0 Å². The normalized spacial score (nSPS) is 25.5. The van der Waals surface area contributed by atoms with Crippen LogP contribution in [0.3, 0.4) is 0 Å². The predicted octanol–water partition coefficient (Wildman–Crippen LogP) is 0.639. The van der Waals surface area contributed by atoms with Gasteiger partial charge in [0.2, 0.25) is 0 Å². The second-order valence-corrected chi connectivity index (χ2v) is 7.80. The minimum absolute atomic E-state index is 0.265. The first-order valence-corrected chi connectivity index (χ1v) is 8.56. The molecule has 0 radical (unpaired) electrons. The predicted molar refractivity (Wildman–Crippen MR) is 70.0 cm³/mol. The molecular formula is C12H24N2O2S. The Kier molecular flexibility index (Phi) is 4.10. The summed E-state index contributed by atoms with van der Waals surface area (Å²) in [6, 6.07) is 0. The fourth-order valence-corrected chi connectivity index (χ4v) is 3.94. The molecular weight excluding hydrogens is 236 g/mol. The van der Waals surface area contributed by atoms with Crippen LogP contribution in [-0.4, -0.2) is 56.5 Å². The molecule has 1 saturated carbocycles. The van der Waals surface area contributed by atoms with E-state index in [2.05, 4.69) is 10.2 Å². The molecule has 2 aliphatic rings. The van der Waals surface area contributed by atoms with Crippen molar-refractivity contribution >= 4 is 9.84 Å². The fourth-order valence-electron chi connectivity index (χ4n) is 3.15. The zero-order chi connectivity index (χ0) is 12.4. The van der Waals surface area contributed by atoms with Gasteiger partial charge in [-0.25, -0.2) is 8.42 Å². The fraction of sp³-hybridized carbons (Fsp3) is 1.00. The summed E-state index contributed by atoms with van der Waals surface area (Å²) in [4.78, 5) is 2.43. The van der Waals surface area contributed by atoms with Gasteiger partial charge in [-0.1, -0.05) is 19.8 Å². The first-order chi connectivity index (χ1) is 8.08. The van der Waals surface area contributed by atoms with E-state index in [4.69, 9.17) is 0 Å². The van der Waals surface area contributed by atoms with Gasteiger partial charge < -0.3 is 5.32 Å². The molecule has 17 heavy (non-hydrogen) atoms. The van der Waals surface area contributed by atoms with E-state index in [0.717, 1.165) is 26.2 Å². The molecule has 1 aliphatic heterocycles. The zero-order valence-electron chi connectivity index (χ0n) is 10.7. The quantitative estimate of drug-likeness (QED) is 0.806. The van der Waals surface area contributed by atoms with Crippen molar-refractivity contribution in [2.45, 2.75) is 38.1 Å². The van der Waals surface area contributed by atoms with E-state index in [1.807, 2.05) is 0 Å². The third kappa shape index (κ3) is 3.01. The van der Waals surface area contributed by atoms with Gasteiger partial charge in [-0.3, -0.25) is 4.90 Å². The summed E-state index contributed by atoms with van der Waals surface area (Å²) in [6.45, 7) is 5.49. The average Bonchev–Trinajstić information content (AvgIpc) is 2.77. The number of nitrogens with one attached hydrogen (secondary N) is 1. The van der Waals surface area contributed by atoms with Gasteiger partial charge in [-0.15, -0.1) is 0 Å². The van der Waals surface area contributed by atoms with Crippen molar-refractivity contribution in [2.75, 3.05) is 37.7 Å². The molecule has 0 aromatic rings. The largest absolute Gasteiger partial charge is 0.314 e. The van der Waals surface area contributed by atoms with Crippen LogP contribution in [0, 0.1) is 0 Å². The second-order valence-electron chi connectivity index (χ2n) is 5.33. The Balaban J connectivity index is 1.98. The molecule has 1 saturated heterocycles. The summed E-state index contributed by atoms with van der Waals surface area (Å²) in [5.74, 6) is 0.595. The zero-order valence-corrected chi connectivity index (χ0v) is 11.6. The summed E-state index contributed by atoms with van der Waals surface area (Å²) in [5.41, 5.74) is 0.265. The lowest BCUT2D eigenvalue weighted by Gasteiger charge is -2.45. The monoisotopic (exact) mass is 260 g/mol. The van der Waals surface area contributed by atoms with Crippen molar-refractivity contribution in [1.29, 1.82) is 0 Å². The third-order valence-electron chi connectivity index (χ3n) is 4.33. The minimum Gasteiger partial charge on any atom is -0.314 e. The summed E-state index contributed by atoms with van der Waals surface area (Å²) >= 11 is 0. The molecule has 2 fully saturated rings. The van der Waals surface area contributed by atoms with Crippen molar-refractivity contribution < 1.29 is 8.42 Å². The van der Waals surface area contributed by atoms with E-state index in [1.165, 1.54) is 25.7 Å². The van der Waals surface area contributed by atoms with Gasteiger partial charge in [-0.05, 0) is 12.8 Å². The molecule has 1 N–H and O–H groups in total. The average molecular weight is 260 g/mol. The number of rotatable bonds is 4. The van der Waals surface area contributed by atoms with Crippen LogP contribution in [0.2, 0.25) is 0 Å². The first kappa shape index (κ1) is 13.3. The number of piperazine rings is 1. The Labute approximate surface area is 105 Å². The maximum Gasteiger partial charge on any atom is 0.151 e. The highest BCUT2D eigenvalue weighted by molar-refractivity contribution is 7.91. The Morgan fingerprint density at radius 2 is 2.00 bits per heavy atom. The molecule has 1 heterocycles. The third-order valence-corrected chi connectivity index (χ3v) is 6.01.